The molecule has 4 heteroatoms. The highest BCUT2D eigenvalue weighted by Gasteiger charge is 2.13. The van der Waals surface area contributed by atoms with Crippen LogP contribution in [-0.4, -0.2) is 17.2 Å². The molecule has 0 unspecified atom stereocenters. The Kier molecular flexibility index (Phi) is 2.91. The summed E-state index contributed by atoms with van der Waals surface area (Å²) in [5.74, 6) is 0. The highest BCUT2D eigenvalue weighted by molar-refractivity contribution is 6.60. The maximum Gasteiger partial charge on any atom is 0.490 e. The van der Waals surface area contributed by atoms with E-state index in [1.54, 1.807) is 24.3 Å². The lowest BCUT2D eigenvalue weighted by atomic mass is 9.79. The van der Waals surface area contributed by atoms with E-state index in [0.29, 0.717) is 11.2 Å². The van der Waals surface area contributed by atoms with Gasteiger partial charge in [0.15, 0.2) is 0 Å². The molecule has 1 aromatic carbocycles. The molecule has 62 valence electrons. The van der Waals surface area contributed by atoms with Gasteiger partial charge in [-0.3, -0.25) is 0 Å². The van der Waals surface area contributed by atoms with E-state index >= 15 is 0 Å². The van der Waals surface area contributed by atoms with Gasteiger partial charge in [0.25, 0.3) is 0 Å². The summed E-state index contributed by atoms with van der Waals surface area (Å²) in [6.45, 7) is 3.48. The van der Waals surface area contributed by atoms with Crippen molar-refractivity contribution < 1.29 is 10.0 Å². The van der Waals surface area contributed by atoms with Crippen LogP contribution in [0.4, 0.5) is 5.69 Å². The van der Waals surface area contributed by atoms with Gasteiger partial charge in [0.1, 0.15) is 0 Å². The fourth-order valence-electron chi connectivity index (χ4n) is 0.964. The average Bonchev–Trinajstić information content (AvgIpc) is 2.05. The minimum Gasteiger partial charge on any atom is -0.423 e. The van der Waals surface area contributed by atoms with Gasteiger partial charge in [-0.05, 0) is 12.3 Å². The van der Waals surface area contributed by atoms with Gasteiger partial charge in [-0.2, -0.15) is 0 Å². The number of para-hydroxylation sites is 1. The zero-order chi connectivity index (χ0) is 8.97. The van der Waals surface area contributed by atoms with Crippen LogP contribution in [0.1, 0.15) is 0 Å². The Balaban J connectivity index is 2.99. The Bertz CT molecular complexity index is 276. The monoisotopic (exact) mass is 163 g/mol. The molecule has 1 aromatic rings. The fourth-order valence-corrected chi connectivity index (χ4v) is 0.964. The first-order valence-corrected chi connectivity index (χ1v) is 3.58. The first kappa shape index (κ1) is 8.84. The summed E-state index contributed by atoms with van der Waals surface area (Å²) in [4.78, 5) is 0. The van der Waals surface area contributed by atoms with Gasteiger partial charge in [-0.15, -0.1) is 0 Å². The summed E-state index contributed by atoms with van der Waals surface area (Å²) < 4.78 is 0. The minimum absolute atomic E-state index is 0.442. The van der Waals surface area contributed by atoms with Crippen molar-refractivity contribution in [2.75, 3.05) is 5.32 Å². The van der Waals surface area contributed by atoms with Crippen LogP contribution in [0.15, 0.2) is 37.0 Å². The van der Waals surface area contributed by atoms with Crippen molar-refractivity contribution in [1.29, 1.82) is 0 Å². The molecule has 0 fully saturated rings. The van der Waals surface area contributed by atoms with Crippen LogP contribution in [0.25, 0.3) is 0 Å². The molecule has 3 N–H and O–H groups in total. The van der Waals surface area contributed by atoms with E-state index in [1.807, 2.05) is 0 Å². The van der Waals surface area contributed by atoms with Crippen LogP contribution >= 0.6 is 0 Å². The molecule has 0 spiro atoms. The third kappa shape index (κ3) is 1.87. The molecule has 3 nitrogen and oxygen atoms in total. The SMILES string of the molecule is C=CNc1ccccc1B(O)O. The number of rotatable bonds is 3. The molecule has 12 heavy (non-hydrogen) atoms. The topological polar surface area (TPSA) is 52.5 Å². The maximum atomic E-state index is 8.91. The van der Waals surface area contributed by atoms with Crippen molar-refractivity contribution in [1.82, 2.24) is 0 Å². The van der Waals surface area contributed by atoms with Crippen molar-refractivity contribution in [3.63, 3.8) is 0 Å². The quantitative estimate of drug-likeness (QED) is 0.546. The van der Waals surface area contributed by atoms with E-state index in [2.05, 4.69) is 11.9 Å². The second kappa shape index (κ2) is 3.94. The lowest BCUT2D eigenvalue weighted by Gasteiger charge is -2.06. The summed E-state index contributed by atoms with van der Waals surface area (Å²) in [6.07, 6.45) is 1.49. The molecule has 0 saturated carbocycles. The van der Waals surface area contributed by atoms with Gasteiger partial charge in [0.05, 0.1) is 0 Å². The summed E-state index contributed by atoms with van der Waals surface area (Å²) in [6, 6.07) is 6.92. The first-order valence-electron chi connectivity index (χ1n) is 3.58. The molecule has 0 aromatic heterocycles. The van der Waals surface area contributed by atoms with Crippen molar-refractivity contribution in [3.8, 4) is 0 Å². The van der Waals surface area contributed by atoms with Gasteiger partial charge >= 0.3 is 7.12 Å². The van der Waals surface area contributed by atoms with Crippen LogP contribution in [0.3, 0.4) is 0 Å². The molecule has 0 radical (unpaired) electrons. The van der Waals surface area contributed by atoms with Crippen LogP contribution in [0, 0.1) is 0 Å². The molecule has 0 saturated heterocycles. The molecule has 0 amide bonds. The van der Waals surface area contributed by atoms with E-state index in [4.69, 9.17) is 10.0 Å². The number of hydrogen-bond donors (Lipinski definition) is 3. The minimum atomic E-state index is -1.45. The zero-order valence-corrected chi connectivity index (χ0v) is 6.57. The number of benzene rings is 1. The van der Waals surface area contributed by atoms with E-state index in [1.165, 1.54) is 6.20 Å². The lowest BCUT2D eigenvalue weighted by Crippen LogP contribution is -2.31. The summed E-state index contributed by atoms with van der Waals surface area (Å²) in [7, 11) is -1.45. The van der Waals surface area contributed by atoms with E-state index in [-0.39, 0.29) is 0 Å². The predicted octanol–water partition coefficient (Wildman–Crippen LogP) is -0.0782. The van der Waals surface area contributed by atoms with Gasteiger partial charge in [0.2, 0.25) is 0 Å². The molecular formula is C8H10BNO2. The standard InChI is InChI=1S/C8H10BNO2/c1-2-10-8-6-4-3-5-7(8)9(11)12/h2-6,10-12H,1H2. The highest BCUT2D eigenvalue weighted by atomic mass is 16.4. The van der Waals surface area contributed by atoms with Crippen molar-refractivity contribution in [3.05, 3.63) is 37.0 Å². The summed E-state index contributed by atoms with van der Waals surface area (Å²) >= 11 is 0. The van der Waals surface area contributed by atoms with E-state index in [0.717, 1.165) is 0 Å². The average molecular weight is 163 g/mol. The van der Waals surface area contributed by atoms with Crippen LogP contribution in [-0.2, 0) is 0 Å². The Labute approximate surface area is 71.5 Å². The molecule has 0 atom stereocenters. The molecule has 0 heterocycles. The summed E-state index contributed by atoms with van der Waals surface area (Å²) in [5, 5.41) is 20.6. The van der Waals surface area contributed by atoms with E-state index < -0.39 is 7.12 Å². The fraction of sp³-hybridized carbons (Fsp3) is 0. The number of hydrogen-bond acceptors (Lipinski definition) is 3. The Hall–Kier alpha value is -1.26. The second-order valence-electron chi connectivity index (χ2n) is 2.31. The van der Waals surface area contributed by atoms with Gasteiger partial charge in [-0.1, -0.05) is 24.8 Å². The largest absolute Gasteiger partial charge is 0.490 e. The molecule has 0 aliphatic rings. The van der Waals surface area contributed by atoms with Crippen molar-refractivity contribution in [2.45, 2.75) is 0 Å². The van der Waals surface area contributed by atoms with Gasteiger partial charge in [0, 0.05) is 11.2 Å². The lowest BCUT2D eigenvalue weighted by molar-refractivity contribution is 0.426. The number of nitrogens with one attached hydrogen (secondary N) is 1. The Morgan fingerprint density at radius 3 is 2.58 bits per heavy atom. The van der Waals surface area contributed by atoms with Crippen LogP contribution in [0.5, 0.6) is 0 Å². The van der Waals surface area contributed by atoms with Crippen molar-refractivity contribution in [2.24, 2.45) is 0 Å². The Morgan fingerprint density at radius 1 is 1.33 bits per heavy atom. The molecule has 0 bridgehead atoms. The van der Waals surface area contributed by atoms with Gasteiger partial charge in [-0.25, -0.2) is 0 Å². The molecule has 0 aliphatic heterocycles. The maximum absolute atomic E-state index is 8.91. The summed E-state index contributed by atoms with van der Waals surface area (Å²) in [5.41, 5.74) is 1.10. The normalized spacial score (nSPS) is 9.17. The van der Waals surface area contributed by atoms with Crippen LogP contribution in [0.2, 0.25) is 0 Å². The van der Waals surface area contributed by atoms with Gasteiger partial charge < -0.3 is 15.4 Å². The first-order chi connectivity index (χ1) is 5.75. The molecular weight excluding hydrogens is 153 g/mol. The Morgan fingerprint density at radius 2 is 2.00 bits per heavy atom. The third-order valence-electron chi connectivity index (χ3n) is 1.50. The van der Waals surface area contributed by atoms with Crippen LogP contribution < -0.4 is 10.8 Å². The molecule has 0 aliphatic carbocycles. The number of anilines is 1. The highest BCUT2D eigenvalue weighted by Crippen LogP contribution is 2.02. The van der Waals surface area contributed by atoms with E-state index in [9.17, 15) is 0 Å². The second-order valence-corrected chi connectivity index (χ2v) is 2.31. The smallest absolute Gasteiger partial charge is 0.423 e. The third-order valence-corrected chi connectivity index (χ3v) is 1.50. The zero-order valence-electron chi connectivity index (χ0n) is 6.57. The predicted molar refractivity (Wildman–Crippen MR) is 50.1 cm³/mol. The van der Waals surface area contributed by atoms with Crippen molar-refractivity contribution >= 4 is 18.3 Å². The molecule has 1 rings (SSSR count).